The van der Waals surface area contributed by atoms with Crippen LogP contribution in [0, 0.1) is 3.57 Å². The normalized spacial score (nSPS) is 10.2. The van der Waals surface area contributed by atoms with Gasteiger partial charge in [-0.05, 0) is 59.0 Å². The van der Waals surface area contributed by atoms with E-state index in [2.05, 4.69) is 38.5 Å². The molecule has 1 nitrogen and oxygen atoms in total. The SMILES string of the molecule is Clc1cccc(Oc2cc(Br)cc(I)c2)c1. The number of hydrogen-bond donors (Lipinski definition) is 0. The zero-order valence-corrected chi connectivity index (χ0v) is 12.6. The lowest BCUT2D eigenvalue weighted by molar-refractivity contribution is 0.482. The molecule has 0 aliphatic heterocycles. The Labute approximate surface area is 121 Å². The number of benzene rings is 2. The molecule has 0 spiro atoms. The molecule has 0 unspecified atom stereocenters. The lowest BCUT2D eigenvalue weighted by atomic mass is 10.3. The van der Waals surface area contributed by atoms with Gasteiger partial charge in [0.25, 0.3) is 0 Å². The zero-order chi connectivity index (χ0) is 11.5. The maximum atomic E-state index is 5.88. The molecule has 0 saturated carbocycles. The smallest absolute Gasteiger partial charge is 0.129 e. The first-order valence-electron chi connectivity index (χ1n) is 4.53. The van der Waals surface area contributed by atoms with Crippen molar-refractivity contribution in [1.82, 2.24) is 0 Å². The van der Waals surface area contributed by atoms with Gasteiger partial charge in [-0.3, -0.25) is 0 Å². The summed E-state index contributed by atoms with van der Waals surface area (Å²) in [5.74, 6) is 1.53. The summed E-state index contributed by atoms with van der Waals surface area (Å²) in [5, 5.41) is 0.669. The molecule has 0 aromatic heterocycles. The van der Waals surface area contributed by atoms with Gasteiger partial charge in [-0.2, -0.15) is 0 Å². The molecule has 0 saturated heterocycles. The van der Waals surface area contributed by atoms with E-state index in [0.29, 0.717) is 5.02 Å². The van der Waals surface area contributed by atoms with Crippen molar-refractivity contribution < 1.29 is 4.74 Å². The summed E-state index contributed by atoms with van der Waals surface area (Å²) in [4.78, 5) is 0. The van der Waals surface area contributed by atoms with Crippen LogP contribution in [0.15, 0.2) is 46.9 Å². The number of halogens is 3. The third-order valence-electron chi connectivity index (χ3n) is 1.87. The van der Waals surface area contributed by atoms with Crippen molar-refractivity contribution in [3.05, 3.63) is 55.5 Å². The van der Waals surface area contributed by atoms with Gasteiger partial charge in [-0.25, -0.2) is 0 Å². The van der Waals surface area contributed by atoms with E-state index in [4.69, 9.17) is 16.3 Å². The Morgan fingerprint density at radius 3 is 2.56 bits per heavy atom. The highest BCUT2D eigenvalue weighted by Crippen LogP contribution is 2.28. The standard InChI is InChI=1S/C12H7BrClIO/c13-8-4-10(15)7-12(5-8)16-11-3-1-2-9(14)6-11/h1-7H. The monoisotopic (exact) mass is 408 g/mol. The van der Waals surface area contributed by atoms with Crippen molar-refractivity contribution in [2.75, 3.05) is 0 Å². The van der Waals surface area contributed by atoms with E-state index < -0.39 is 0 Å². The molecule has 82 valence electrons. The van der Waals surface area contributed by atoms with Crippen LogP contribution in [-0.4, -0.2) is 0 Å². The molecule has 0 aliphatic carbocycles. The molecule has 2 aromatic carbocycles. The van der Waals surface area contributed by atoms with Crippen molar-refractivity contribution in [3.8, 4) is 11.5 Å². The summed E-state index contributed by atoms with van der Waals surface area (Å²) in [6.07, 6.45) is 0. The highest BCUT2D eigenvalue weighted by Gasteiger charge is 2.01. The third kappa shape index (κ3) is 3.37. The van der Waals surface area contributed by atoms with Crippen LogP contribution in [-0.2, 0) is 0 Å². The molecule has 0 fully saturated rings. The lowest BCUT2D eigenvalue weighted by Gasteiger charge is -2.06. The minimum absolute atomic E-state index is 0.669. The fourth-order valence-electron chi connectivity index (χ4n) is 1.25. The fourth-order valence-corrected chi connectivity index (χ4v) is 2.98. The number of rotatable bonds is 2. The van der Waals surface area contributed by atoms with E-state index in [1.165, 1.54) is 0 Å². The summed E-state index contributed by atoms with van der Waals surface area (Å²) in [5.41, 5.74) is 0. The molecule has 0 radical (unpaired) electrons. The van der Waals surface area contributed by atoms with Crippen LogP contribution in [0.2, 0.25) is 5.02 Å². The van der Waals surface area contributed by atoms with E-state index >= 15 is 0 Å². The largest absolute Gasteiger partial charge is 0.457 e. The van der Waals surface area contributed by atoms with Gasteiger partial charge in [0.15, 0.2) is 0 Å². The average Bonchev–Trinajstić information content (AvgIpc) is 2.15. The maximum absolute atomic E-state index is 5.88. The van der Waals surface area contributed by atoms with Gasteiger partial charge < -0.3 is 4.74 Å². The van der Waals surface area contributed by atoms with E-state index in [-0.39, 0.29) is 0 Å². The summed E-state index contributed by atoms with van der Waals surface area (Å²) < 4.78 is 7.81. The Morgan fingerprint density at radius 2 is 1.88 bits per heavy atom. The molecular formula is C12H7BrClIO. The quantitative estimate of drug-likeness (QED) is 0.595. The predicted octanol–water partition coefficient (Wildman–Crippen LogP) is 5.50. The molecule has 16 heavy (non-hydrogen) atoms. The van der Waals surface area contributed by atoms with Gasteiger partial charge in [-0.15, -0.1) is 0 Å². The minimum Gasteiger partial charge on any atom is -0.457 e. The summed E-state index contributed by atoms with van der Waals surface area (Å²) >= 11 is 11.6. The van der Waals surface area contributed by atoms with Gasteiger partial charge >= 0.3 is 0 Å². The van der Waals surface area contributed by atoms with Crippen LogP contribution in [0.1, 0.15) is 0 Å². The average molecular weight is 409 g/mol. The molecule has 0 aliphatic rings. The third-order valence-corrected chi connectivity index (χ3v) is 3.18. The molecule has 0 N–H and O–H groups in total. The Morgan fingerprint density at radius 1 is 1.06 bits per heavy atom. The fraction of sp³-hybridized carbons (Fsp3) is 0. The van der Waals surface area contributed by atoms with Gasteiger partial charge in [0.1, 0.15) is 11.5 Å². The maximum Gasteiger partial charge on any atom is 0.129 e. The summed E-state index contributed by atoms with van der Waals surface area (Å²) in [6.45, 7) is 0. The molecule has 0 bridgehead atoms. The molecule has 2 aromatic rings. The van der Waals surface area contributed by atoms with Gasteiger partial charge in [-0.1, -0.05) is 33.6 Å². The van der Waals surface area contributed by atoms with E-state index in [1.807, 2.05) is 36.4 Å². The van der Waals surface area contributed by atoms with Gasteiger partial charge in [0.05, 0.1) is 0 Å². The van der Waals surface area contributed by atoms with Crippen molar-refractivity contribution in [2.45, 2.75) is 0 Å². The second-order valence-electron chi connectivity index (χ2n) is 3.16. The van der Waals surface area contributed by atoms with Crippen LogP contribution in [0.25, 0.3) is 0 Å². The van der Waals surface area contributed by atoms with Crippen LogP contribution in [0.4, 0.5) is 0 Å². The lowest BCUT2D eigenvalue weighted by Crippen LogP contribution is -1.85. The van der Waals surface area contributed by atoms with Gasteiger partial charge in [0.2, 0.25) is 0 Å². The highest BCUT2D eigenvalue weighted by atomic mass is 127. The molecule has 0 amide bonds. The zero-order valence-electron chi connectivity index (χ0n) is 8.08. The Bertz CT molecular complexity index is 496. The molecule has 4 heteroatoms. The van der Waals surface area contributed by atoms with Crippen molar-refractivity contribution in [2.24, 2.45) is 0 Å². The first kappa shape index (κ1) is 12.2. The second-order valence-corrected chi connectivity index (χ2v) is 5.76. The van der Waals surface area contributed by atoms with Crippen molar-refractivity contribution in [3.63, 3.8) is 0 Å². The number of ether oxygens (including phenoxy) is 1. The Balaban J connectivity index is 2.27. The second kappa shape index (κ2) is 5.38. The highest BCUT2D eigenvalue weighted by molar-refractivity contribution is 14.1. The minimum atomic E-state index is 0.669. The molecule has 2 rings (SSSR count). The predicted molar refractivity (Wildman–Crippen MR) is 78.4 cm³/mol. The van der Waals surface area contributed by atoms with Crippen LogP contribution < -0.4 is 4.74 Å². The Hall–Kier alpha value is -0.260. The van der Waals surface area contributed by atoms with Crippen molar-refractivity contribution in [1.29, 1.82) is 0 Å². The first-order valence-corrected chi connectivity index (χ1v) is 6.78. The van der Waals surface area contributed by atoms with E-state index in [1.54, 1.807) is 6.07 Å². The molecule has 0 heterocycles. The first-order chi connectivity index (χ1) is 7.63. The Kier molecular flexibility index (Phi) is 4.10. The van der Waals surface area contributed by atoms with Crippen LogP contribution in [0.3, 0.4) is 0 Å². The number of hydrogen-bond acceptors (Lipinski definition) is 1. The topological polar surface area (TPSA) is 9.23 Å². The van der Waals surface area contributed by atoms with E-state index in [0.717, 1.165) is 19.5 Å². The van der Waals surface area contributed by atoms with Gasteiger partial charge in [0, 0.05) is 13.1 Å². The molecule has 0 atom stereocenters. The summed E-state index contributed by atoms with van der Waals surface area (Å²) in [6, 6.07) is 13.2. The van der Waals surface area contributed by atoms with Crippen LogP contribution >= 0.6 is 50.1 Å². The molecular weight excluding hydrogens is 402 g/mol. The van der Waals surface area contributed by atoms with Crippen LogP contribution in [0.5, 0.6) is 11.5 Å². The van der Waals surface area contributed by atoms with Crippen molar-refractivity contribution >= 4 is 50.1 Å². The van der Waals surface area contributed by atoms with E-state index in [9.17, 15) is 0 Å². The summed E-state index contributed by atoms with van der Waals surface area (Å²) in [7, 11) is 0.